The molecule has 1 aliphatic heterocycles. The number of rotatable bonds is 4. The minimum atomic E-state index is -0.664. The summed E-state index contributed by atoms with van der Waals surface area (Å²) in [7, 11) is 0. The summed E-state index contributed by atoms with van der Waals surface area (Å²) in [5, 5.41) is 10.8. The number of hydrogen-bond donors (Lipinski definition) is 2. The van der Waals surface area contributed by atoms with Crippen molar-refractivity contribution in [3.63, 3.8) is 0 Å². The van der Waals surface area contributed by atoms with E-state index in [9.17, 15) is 9.90 Å². The molecule has 7 heteroatoms. The Morgan fingerprint density at radius 3 is 2.52 bits per heavy atom. The highest BCUT2D eigenvalue weighted by molar-refractivity contribution is 7.18. The summed E-state index contributed by atoms with van der Waals surface area (Å²) >= 11 is 1.35. The van der Waals surface area contributed by atoms with Gasteiger partial charge in [-0.3, -0.25) is 4.79 Å². The number of aliphatic hydroxyl groups is 1. The van der Waals surface area contributed by atoms with Gasteiger partial charge in [0.25, 0.3) is 5.91 Å². The molecule has 0 spiro atoms. The van der Waals surface area contributed by atoms with Crippen molar-refractivity contribution < 1.29 is 9.90 Å². The van der Waals surface area contributed by atoms with Crippen molar-refractivity contribution in [2.75, 3.05) is 36.8 Å². The maximum absolute atomic E-state index is 12.6. The largest absolute Gasteiger partial charge is 0.390 e. The van der Waals surface area contributed by atoms with E-state index in [1.165, 1.54) is 11.3 Å². The lowest BCUT2D eigenvalue weighted by Gasteiger charge is -2.35. The van der Waals surface area contributed by atoms with E-state index in [0.717, 1.165) is 18.2 Å². The number of nitrogens with zero attached hydrogens (tertiary/aromatic N) is 3. The third-order valence-electron chi connectivity index (χ3n) is 4.00. The Balaban J connectivity index is 2.13. The molecule has 2 heterocycles. The number of hydrogen-bond acceptors (Lipinski definition) is 6. The molecule has 0 aliphatic carbocycles. The van der Waals surface area contributed by atoms with Crippen LogP contribution >= 0.6 is 11.3 Å². The Morgan fingerprint density at radius 2 is 2.00 bits per heavy atom. The number of nitrogens with two attached hydrogens (primary N) is 1. The van der Waals surface area contributed by atoms with Crippen LogP contribution in [0.1, 0.15) is 43.3 Å². The zero-order chi connectivity index (χ0) is 15.6. The van der Waals surface area contributed by atoms with E-state index < -0.39 is 5.60 Å². The van der Waals surface area contributed by atoms with Crippen LogP contribution in [0, 0.1) is 0 Å². The molecule has 2 rings (SSSR count). The predicted octanol–water partition coefficient (Wildman–Crippen LogP) is 1.56. The number of nitrogen functional groups attached to an aromatic ring is 1. The summed E-state index contributed by atoms with van der Waals surface area (Å²) in [5.74, 6) is 0.239. The Bertz CT molecular complexity index is 501. The Morgan fingerprint density at radius 1 is 1.43 bits per heavy atom. The molecule has 0 aromatic carbocycles. The average Bonchev–Trinajstić information content (AvgIpc) is 2.81. The molecule has 21 heavy (non-hydrogen) atoms. The van der Waals surface area contributed by atoms with E-state index in [1.54, 1.807) is 4.90 Å². The van der Waals surface area contributed by atoms with Crippen LogP contribution in [0.3, 0.4) is 0 Å². The van der Waals surface area contributed by atoms with Gasteiger partial charge in [-0.1, -0.05) is 11.3 Å². The highest BCUT2D eigenvalue weighted by Gasteiger charge is 2.31. The van der Waals surface area contributed by atoms with Crippen LogP contribution in [0.4, 0.5) is 10.9 Å². The van der Waals surface area contributed by atoms with E-state index in [-0.39, 0.29) is 5.91 Å². The lowest BCUT2D eigenvalue weighted by atomic mass is 9.94. The van der Waals surface area contributed by atoms with Gasteiger partial charge in [-0.05, 0) is 33.6 Å². The second kappa shape index (κ2) is 6.19. The van der Waals surface area contributed by atoms with Crippen molar-refractivity contribution in [2.24, 2.45) is 0 Å². The second-order valence-corrected chi connectivity index (χ2v) is 6.65. The fourth-order valence-corrected chi connectivity index (χ4v) is 3.52. The van der Waals surface area contributed by atoms with Gasteiger partial charge in [0.2, 0.25) is 0 Å². The molecular formula is C14H24N4O2S. The first-order chi connectivity index (χ1) is 9.88. The molecule has 1 fully saturated rings. The molecule has 118 valence electrons. The van der Waals surface area contributed by atoms with Crippen LogP contribution in [-0.4, -0.2) is 52.7 Å². The predicted molar refractivity (Wildman–Crippen MR) is 85.8 cm³/mol. The Kier molecular flexibility index (Phi) is 4.73. The van der Waals surface area contributed by atoms with Crippen LogP contribution in [0.5, 0.6) is 0 Å². The smallest absolute Gasteiger partial charge is 0.267 e. The van der Waals surface area contributed by atoms with Crippen molar-refractivity contribution in [2.45, 2.75) is 39.2 Å². The van der Waals surface area contributed by atoms with Gasteiger partial charge in [0, 0.05) is 26.2 Å². The first-order valence-corrected chi connectivity index (χ1v) is 8.22. The Labute approximate surface area is 129 Å². The third kappa shape index (κ3) is 3.47. The summed E-state index contributed by atoms with van der Waals surface area (Å²) in [4.78, 5) is 21.2. The Hall–Kier alpha value is -1.34. The average molecular weight is 312 g/mol. The molecule has 0 saturated carbocycles. The van der Waals surface area contributed by atoms with Crippen molar-refractivity contribution in [1.82, 2.24) is 9.88 Å². The van der Waals surface area contributed by atoms with E-state index in [2.05, 4.69) is 23.7 Å². The monoisotopic (exact) mass is 312 g/mol. The molecule has 0 bridgehead atoms. The minimum absolute atomic E-state index is 0.0705. The first kappa shape index (κ1) is 16.0. The fourth-order valence-electron chi connectivity index (χ4n) is 2.44. The number of aromatic nitrogens is 1. The van der Waals surface area contributed by atoms with E-state index >= 15 is 0 Å². The lowest BCUT2D eigenvalue weighted by molar-refractivity contribution is -0.00185. The van der Waals surface area contributed by atoms with Gasteiger partial charge in [0.15, 0.2) is 5.13 Å². The van der Waals surface area contributed by atoms with Crippen LogP contribution in [0.2, 0.25) is 0 Å². The molecule has 6 nitrogen and oxygen atoms in total. The minimum Gasteiger partial charge on any atom is -0.390 e. The number of amides is 1. The molecule has 1 aliphatic rings. The van der Waals surface area contributed by atoms with E-state index in [4.69, 9.17) is 5.73 Å². The first-order valence-electron chi connectivity index (χ1n) is 7.41. The second-order valence-electron chi connectivity index (χ2n) is 5.67. The van der Waals surface area contributed by atoms with Gasteiger partial charge in [0.1, 0.15) is 10.7 Å². The normalized spacial score (nSPS) is 17.8. The number of thiazole rings is 1. The maximum Gasteiger partial charge on any atom is 0.267 e. The van der Waals surface area contributed by atoms with Gasteiger partial charge in [0.05, 0.1) is 5.60 Å². The molecule has 3 N–H and O–H groups in total. The topological polar surface area (TPSA) is 82.7 Å². The number of likely N-dealkylation sites (tertiary alicyclic amines) is 1. The van der Waals surface area contributed by atoms with Crippen LogP contribution in [0.15, 0.2) is 0 Å². The quantitative estimate of drug-likeness (QED) is 0.881. The van der Waals surface area contributed by atoms with E-state index in [1.807, 2.05) is 6.92 Å². The third-order valence-corrected chi connectivity index (χ3v) is 5.12. The van der Waals surface area contributed by atoms with Gasteiger partial charge >= 0.3 is 0 Å². The highest BCUT2D eigenvalue weighted by atomic mass is 32.1. The lowest BCUT2D eigenvalue weighted by Crippen LogP contribution is -2.45. The maximum atomic E-state index is 12.6. The van der Waals surface area contributed by atoms with Gasteiger partial charge in [-0.25, -0.2) is 4.98 Å². The highest BCUT2D eigenvalue weighted by Crippen LogP contribution is 2.30. The SMILES string of the molecule is CCN(CC)c1nc(N)c(C(=O)N2CCC(C)(O)CC2)s1. The van der Waals surface area contributed by atoms with E-state index in [0.29, 0.717) is 36.6 Å². The number of carbonyl (C=O) groups excluding carboxylic acids is 1. The molecule has 1 saturated heterocycles. The van der Waals surface area contributed by atoms with Gasteiger partial charge in [-0.2, -0.15) is 0 Å². The fraction of sp³-hybridized carbons (Fsp3) is 0.714. The van der Waals surface area contributed by atoms with Crippen molar-refractivity contribution >= 4 is 28.2 Å². The zero-order valence-electron chi connectivity index (χ0n) is 12.9. The zero-order valence-corrected chi connectivity index (χ0v) is 13.7. The summed E-state index contributed by atoms with van der Waals surface area (Å²) < 4.78 is 0. The number of carbonyl (C=O) groups is 1. The van der Waals surface area contributed by atoms with Gasteiger partial charge < -0.3 is 20.6 Å². The molecule has 1 aromatic heterocycles. The summed E-state index contributed by atoms with van der Waals surface area (Å²) in [6, 6.07) is 0. The summed E-state index contributed by atoms with van der Waals surface area (Å²) in [6.07, 6.45) is 1.20. The summed E-state index contributed by atoms with van der Waals surface area (Å²) in [5.41, 5.74) is 5.26. The van der Waals surface area contributed by atoms with Crippen molar-refractivity contribution in [1.29, 1.82) is 0 Å². The summed E-state index contributed by atoms with van der Waals surface area (Å²) in [6.45, 7) is 8.71. The molecule has 1 amide bonds. The molecular weight excluding hydrogens is 288 g/mol. The molecule has 0 radical (unpaired) electrons. The van der Waals surface area contributed by atoms with Crippen LogP contribution in [0.25, 0.3) is 0 Å². The molecule has 0 atom stereocenters. The number of piperidine rings is 1. The molecule has 1 aromatic rings. The van der Waals surface area contributed by atoms with Gasteiger partial charge in [-0.15, -0.1) is 0 Å². The standard InChI is InChI=1S/C14H24N4O2S/c1-4-17(5-2)13-16-11(15)10(21-13)12(19)18-8-6-14(3,20)7-9-18/h20H,4-9,15H2,1-3H3. The van der Waals surface area contributed by atoms with Crippen molar-refractivity contribution in [3.8, 4) is 0 Å². The number of anilines is 2. The van der Waals surface area contributed by atoms with Crippen LogP contribution in [-0.2, 0) is 0 Å². The van der Waals surface area contributed by atoms with Crippen LogP contribution < -0.4 is 10.6 Å². The van der Waals surface area contributed by atoms with Crippen molar-refractivity contribution in [3.05, 3.63) is 4.88 Å². The molecule has 0 unspecified atom stereocenters.